The molecule has 0 atom stereocenters. The first-order valence-corrected chi connectivity index (χ1v) is 8.51. The molecule has 0 unspecified atom stereocenters. The van der Waals surface area contributed by atoms with E-state index in [9.17, 15) is 0 Å². The van der Waals surface area contributed by atoms with Crippen LogP contribution in [0, 0.1) is 5.41 Å². The van der Waals surface area contributed by atoms with Crippen LogP contribution < -0.4 is 4.90 Å². The standard InChI is InChI=1S/C15H26BrN5O2/c1-4-23-14(17)20(2)7-5-8-21(9-6-10-22-3)15-18-11-13(16)12-19-15/h11-12,17H,4-10H2,1-3H3. The average molecular weight is 388 g/mol. The van der Waals surface area contributed by atoms with E-state index in [0.717, 1.165) is 36.9 Å². The fourth-order valence-electron chi connectivity index (χ4n) is 2.03. The van der Waals surface area contributed by atoms with Gasteiger partial charge in [0.25, 0.3) is 6.02 Å². The van der Waals surface area contributed by atoms with Crippen molar-refractivity contribution in [3.8, 4) is 0 Å². The Bertz CT molecular complexity index is 458. The molecule has 0 saturated heterocycles. The van der Waals surface area contributed by atoms with Gasteiger partial charge < -0.3 is 19.3 Å². The van der Waals surface area contributed by atoms with Crippen molar-refractivity contribution in [2.75, 3.05) is 51.9 Å². The largest absolute Gasteiger partial charge is 0.466 e. The van der Waals surface area contributed by atoms with Gasteiger partial charge in [0, 0.05) is 52.8 Å². The molecule has 0 aliphatic rings. The van der Waals surface area contributed by atoms with Gasteiger partial charge in [0.15, 0.2) is 0 Å². The van der Waals surface area contributed by atoms with Crippen molar-refractivity contribution >= 4 is 27.9 Å². The van der Waals surface area contributed by atoms with E-state index in [0.29, 0.717) is 19.2 Å². The molecule has 23 heavy (non-hydrogen) atoms. The molecule has 0 bridgehead atoms. The highest BCUT2D eigenvalue weighted by Crippen LogP contribution is 2.12. The van der Waals surface area contributed by atoms with Gasteiger partial charge in [-0.05, 0) is 35.7 Å². The van der Waals surface area contributed by atoms with Crippen molar-refractivity contribution in [2.45, 2.75) is 19.8 Å². The van der Waals surface area contributed by atoms with Crippen molar-refractivity contribution in [1.82, 2.24) is 14.9 Å². The number of methoxy groups -OCH3 is 1. The van der Waals surface area contributed by atoms with Crippen LogP contribution in [0.15, 0.2) is 16.9 Å². The van der Waals surface area contributed by atoms with Crippen LogP contribution in [0.25, 0.3) is 0 Å². The normalized spacial score (nSPS) is 10.4. The third-order valence-corrected chi connectivity index (χ3v) is 3.62. The molecule has 1 aromatic rings. The number of nitrogens with one attached hydrogen (secondary N) is 1. The second kappa shape index (κ2) is 11.2. The van der Waals surface area contributed by atoms with Crippen molar-refractivity contribution < 1.29 is 9.47 Å². The maximum absolute atomic E-state index is 7.75. The van der Waals surface area contributed by atoms with Gasteiger partial charge in [-0.2, -0.15) is 0 Å². The Morgan fingerprint density at radius 3 is 2.48 bits per heavy atom. The SMILES string of the molecule is CCOC(=N)N(C)CCCN(CCCOC)c1ncc(Br)cn1. The summed E-state index contributed by atoms with van der Waals surface area (Å²) in [6, 6.07) is 0.207. The molecule has 0 aliphatic heterocycles. The molecule has 0 saturated carbocycles. The third-order valence-electron chi connectivity index (χ3n) is 3.22. The molecule has 1 rings (SSSR count). The molecule has 0 aliphatic carbocycles. The monoisotopic (exact) mass is 387 g/mol. The lowest BCUT2D eigenvalue weighted by atomic mass is 10.3. The molecule has 0 amide bonds. The predicted octanol–water partition coefficient (Wildman–Crippen LogP) is 2.38. The first-order valence-electron chi connectivity index (χ1n) is 7.72. The van der Waals surface area contributed by atoms with Crippen LogP contribution >= 0.6 is 15.9 Å². The minimum atomic E-state index is 0.207. The van der Waals surface area contributed by atoms with Crippen LogP contribution in [-0.2, 0) is 9.47 Å². The van der Waals surface area contributed by atoms with Crippen LogP contribution in [0.3, 0.4) is 0 Å². The number of amidine groups is 1. The maximum atomic E-state index is 7.75. The third kappa shape index (κ3) is 7.60. The zero-order valence-electron chi connectivity index (χ0n) is 14.1. The topological polar surface area (TPSA) is 74.6 Å². The summed E-state index contributed by atoms with van der Waals surface area (Å²) in [5, 5.41) is 7.75. The van der Waals surface area contributed by atoms with Gasteiger partial charge in [-0.15, -0.1) is 0 Å². The molecule has 0 aromatic carbocycles. The number of halogens is 1. The summed E-state index contributed by atoms with van der Waals surface area (Å²) in [6.07, 6.45) is 5.31. The van der Waals surface area contributed by atoms with Crippen LogP contribution in [0.5, 0.6) is 0 Å². The van der Waals surface area contributed by atoms with Crippen LogP contribution in [-0.4, -0.2) is 67.9 Å². The first kappa shape index (κ1) is 19.6. The summed E-state index contributed by atoms with van der Waals surface area (Å²) in [6.45, 7) is 5.50. The zero-order chi connectivity index (χ0) is 17.1. The second-order valence-corrected chi connectivity index (χ2v) is 5.96. The molecule has 8 heteroatoms. The summed E-state index contributed by atoms with van der Waals surface area (Å²) >= 11 is 3.35. The number of anilines is 1. The van der Waals surface area contributed by atoms with E-state index in [2.05, 4.69) is 30.8 Å². The fourth-order valence-corrected chi connectivity index (χ4v) is 2.23. The van der Waals surface area contributed by atoms with E-state index in [4.69, 9.17) is 14.9 Å². The quantitative estimate of drug-likeness (QED) is 0.377. The number of hydrogen-bond acceptors (Lipinski definition) is 6. The molecule has 0 radical (unpaired) electrons. The van der Waals surface area contributed by atoms with E-state index in [1.807, 2.05) is 14.0 Å². The highest BCUT2D eigenvalue weighted by Gasteiger charge is 2.11. The number of aromatic nitrogens is 2. The Morgan fingerprint density at radius 1 is 1.22 bits per heavy atom. The molecule has 7 nitrogen and oxygen atoms in total. The van der Waals surface area contributed by atoms with E-state index >= 15 is 0 Å². The Morgan fingerprint density at radius 2 is 1.87 bits per heavy atom. The smallest absolute Gasteiger partial charge is 0.284 e. The molecule has 1 N–H and O–H groups in total. The Kier molecular flexibility index (Phi) is 9.54. The van der Waals surface area contributed by atoms with Gasteiger partial charge in [-0.25, -0.2) is 9.97 Å². The molecular weight excluding hydrogens is 362 g/mol. The van der Waals surface area contributed by atoms with Crippen LogP contribution in [0.4, 0.5) is 5.95 Å². The Balaban J connectivity index is 2.52. The van der Waals surface area contributed by atoms with Crippen molar-refractivity contribution in [3.63, 3.8) is 0 Å². The van der Waals surface area contributed by atoms with Gasteiger partial charge in [0.1, 0.15) is 0 Å². The van der Waals surface area contributed by atoms with Gasteiger partial charge in [-0.3, -0.25) is 5.41 Å². The molecule has 1 aromatic heterocycles. The summed E-state index contributed by atoms with van der Waals surface area (Å²) in [5.74, 6) is 0.715. The van der Waals surface area contributed by atoms with Crippen molar-refractivity contribution in [2.24, 2.45) is 0 Å². The summed E-state index contributed by atoms with van der Waals surface area (Å²) in [7, 11) is 3.57. The van der Waals surface area contributed by atoms with Gasteiger partial charge in [0.05, 0.1) is 11.1 Å². The van der Waals surface area contributed by atoms with E-state index in [1.54, 1.807) is 24.4 Å². The van der Waals surface area contributed by atoms with E-state index in [1.165, 1.54) is 0 Å². The summed E-state index contributed by atoms with van der Waals surface area (Å²) < 4.78 is 11.2. The first-order chi connectivity index (χ1) is 11.1. The number of ether oxygens (including phenoxy) is 2. The lowest BCUT2D eigenvalue weighted by Gasteiger charge is -2.24. The minimum Gasteiger partial charge on any atom is -0.466 e. The maximum Gasteiger partial charge on any atom is 0.284 e. The molecule has 0 fully saturated rings. The summed E-state index contributed by atoms with van der Waals surface area (Å²) in [5.41, 5.74) is 0. The van der Waals surface area contributed by atoms with Crippen LogP contribution in [0.1, 0.15) is 19.8 Å². The molecular formula is C15H26BrN5O2. The van der Waals surface area contributed by atoms with Crippen LogP contribution in [0.2, 0.25) is 0 Å². The lowest BCUT2D eigenvalue weighted by Crippen LogP contribution is -2.33. The van der Waals surface area contributed by atoms with E-state index < -0.39 is 0 Å². The average Bonchev–Trinajstić information content (AvgIpc) is 2.54. The zero-order valence-corrected chi connectivity index (χ0v) is 15.7. The van der Waals surface area contributed by atoms with Gasteiger partial charge in [0.2, 0.25) is 5.95 Å². The van der Waals surface area contributed by atoms with Gasteiger partial charge in [-0.1, -0.05) is 0 Å². The van der Waals surface area contributed by atoms with Crippen molar-refractivity contribution in [3.05, 3.63) is 16.9 Å². The Hall–Kier alpha value is -1.41. The number of nitrogens with zero attached hydrogens (tertiary/aromatic N) is 4. The molecule has 130 valence electrons. The minimum absolute atomic E-state index is 0.207. The van der Waals surface area contributed by atoms with Crippen molar-refractivity contribution in [1.29, 1.82) is 5.41 Å². The molecule has 0 spiro atoms. The van der Waals surface area contributed by atoms with E-state index in [-0.39, 0.29) is 6.02 Å². The fraction of sp³-hybridized carbons (Fsp3) is 0.667. The Labute approximate surface area is 146 Å². The highest BCUT2D eigenvalue weighted by atomic mass is 79.9. The molecule has 1 heterocycles. The second-order valence-electron chi connectivity index (χ2n) is 5.05. The van der Waals surface area contributed by atoms with Gasteiger partial charge >= 0.3 is 0 Å². The lowest BCUT2D eigenvalue weighted by molar-refractivity contribution is 0.196. The summed E-state index contributed by atoms with van der Waals surface area (Å²) in [4.78, 5) is 12.7. The highest BCUT2D eigenvalue weighted by molar-refractivity contribution is 9.10. The number of rotatable bonds is 10. The number of hydrogen-bond donors (Lipinski definition) is 1. The predicted molar refractivity (Wildman–Crippen MR) is 95.0 cm³/mol.